The molecule has 0 bridgehead atoms. The summed E-state index contributed by atoms with van der Waals surface area (Å²) in [6, 6.07) is 1.80. The molecular weight excluding hydrogens is 236 g/mol. The van der Waals surface area contributed by atoms with Gasteiger partial charge < -0.3 is 9.40 Å². The first-order valence-electron chi connectivity index (χ1n) is 4.13. The molecule has 0 aliphatic heterocycles. The fourth-order valence-electron chi connectivity index (χ4n) is 1.02. The monoisotopic (exact) mass is 242 g/mol. The smallest absolute Gasteiger partial charge is 0.270 e. The van der Waals surface area contributed by atoms with Gasteiger partial charge in [-0.3, -0.25) is 4.79 Å². The van der Waals surface area contributed by atoms with Crippen LogP contribution in [0, 0.1) is 6.92 Å². The molecule has 0 unspecified atom stereocenters. The Balaban J connectivity index is 2.37. The second-order valence-corrected chi connectivity index (χ2v) is 4.20. The highest BCUT2D eigenvalue weighted by Crippen LogP contribution is 2.31. The third-order valence-electron chi connectivity index (χ3n) is 1.78. The summed E-state index contributed by atoms with van der Waals surface area (Å²) in [5.41, 5.74) is -0.338. The van der Waals surface area contributed by atoms with Crippen molar-refractivity contribution in [2.24, 2.45) is 0 Å². The van der Waals surface area contributed by atoms with E-state index in [0.29, 0.717) is 5.03 Å². The molecule has 78 valence electrons. The van der Waals surface area contributed by atoms with E-state index in [0.717, 1.165) is 10.7 Å². The molecule has 0 saturated heterocycles. The first kappa shape index (κ1) is 10.3. The van der Waals surface area contributed by atoms with Crippen LogP contribution in [0.15, 0.2) is 37.8 Å². The van der Waals surface area contributed by atoms with Crippen LogP contribution in [-0.4, -0.2) is 9.97 Å². The van der Waals surface area contributed by atoms with Gasteiger partial charge in [0.2, 0.25) is 0 Å². The van der Waals surface area contributed by atoms with E-state index in [-0.39, 0.29) is 10.6 Å². The Morgan fingerprint density at radius 2 is 2.40 bits per heavy atom. The number of hydrogen-bond donors (Lipinski definition) is 1. The number of aryl methyl sites for hydroxylation is 1. The van der Waals surface area contributed by atoms with Crippen molar-refractivity contribution in [3.63, 3.8) is 0 Å². The van der Waals surface area contributed by atoms with E-state index in [1.54, 1.807) is 12.3 Å². The zero-order chi connectivity index (χ0) is 10.8. The van der Waals surface area contributed by atoms with Crippen molar-refractivity contribution < 1.29 is 4.42 Å². The van der Waals surface area contributed by atoms with Crippen molar-refractivity contribution in [1.82, 2.24) is 9.97 Å². The lowest BCUT2D eigenvalue weighted by molar-refractivity contribution is 0.527. The summed E-state index contributed by atoms with van der Waals surface area (Å²) < 4.78 is 5.13. The second kappa shape index (κ2) is 4.12. The van der Waals surface area contributed by atoms with E-state index in [1.165, 1.54) is 18.1 Å². The topological polar surface area (TPSA) is 58.9 Å². The molecule has 0 saturated carbocycles. The highest BCUT2D eigenvalue weighted by Gasteiger charge is 2.10. The lowest BCUT2D eigenvalue weighted by Gasteiger charge is -1.99. The number of nitrogens with zero attached hydrogens (tertiary/aromatic N) is 1. The Hall–Kier alpha value is -1.20. The maximum absolute atomic E-state index is 11.2. The molecule has 15 heavy (non-hydrogen) atoms. The Morgan fingerprint density at radius 1 is 1.60 bits per heavy atom. The molecule has 6 heteroatoms. The van der Waals surface area contributed by atoms with Gasteiger partial charge in [-0.15, -0.1) is 0 Å². The van der Waals surface area contributed by atoms with Gasteiger partial charge in [0.05, 0.1) is 17.5 Å². The predicted molar refractivity (Wildman–Crippen MR) is 57.4 cm³/mol. The minimum atomic E-state index is -0.338. The van der Waals surface area contributed by atoms with Gasteiger partial charge in [0.1, 0.15) is 15.8 Å². The van der Waals surface area contributed by atoms with E-state index in [2.05, 4.69) is 9.97 Å². The van der Waals surface area contributed by atoms with E-state index < -0.39 is 0 Å². The number of rotatable bonds is 2. The number of furan rings is 1. The molecule has 0 spiro atoms. The third kappa shape index (κ3) is 2.08. The van der Waals surface area contributed by atoms with Gasteiger partial charge in [-0.05, 0) is 13.0 Å². The van der Waals surface area contributed by atoms with Crippen LogP contribution < -0.4 is 5.56 Å². The summed E-state index contributed by atoms with van der Waals surface area (Å²) in [5, 5.41) is 0.577. The quantitative estimate of drug-likeness (QED) is 0.822. The van der Waals surface area contributed by atoms with Gasteiger partial charge in [-0.2, -0.15) is 0 Å². The first-order valence-corrected chi connectivity index (χ1v) is 5.33. The van der Waals surface area contributed by atoms with Gasteiger partial charge in [0.15, 0.2) is 0 Å². The van der Waals surface area contributed by atoms with Gasteiger partial charge >= 0.3 is 0 Å². The largest absolute Gasteiger partial charge is 0.468 e. The van der Waals surface area contributed by atoms with Crippen molar-refractivity contribution in [3.8, 4) is 0 Å². The summed E-state index contributed by atoms with van der Waals surface area (Å²) in [5.74, 6) is 0.776. The molecule has 0 aliphatic carbocycles. The summed E-state index contributed by atoms with van der Waals surface area (Å²) in [6.07, 6.45) is 2.91. The molecule has 4 nitrogen and oxygen atoms in total. The Labute approximate surface area is 94.7 Å². The third-order valence-corrected chi connectivity index (χ3v) is 3.39. The van der Waals surface area contributed by atoms with Crippen LogP contribution in [0.2, 0.25) is 5.02 Å². The maximum Gasteiger partial charge on any atom is 0.270 e. The molecule has 0 radical (unpaired) electrons. The van der Waals surface area contributed by atoms with E-state index in [9.17, 15) is 4.79 Å². The summed E-state index contributed by atoms with van der Waals surface area (Å²) in [4.78, 5) is 18.5. The van der Waals surface area contributed by atoms with E-state index in [4.69, 9.17) is 16.0 Å². The zero-order valence-electron chi connectivity index (χ0n) is 7.78. The van der Waals surface area contributed by atoms with Gasteiger partial charge in [0.25, 0.3) is 5.56 Å². The Kier molecular flexibility index (Phi) is 2.83. The molecular formula is C9H7ClN2O2S. The summed E-state index contributed by atoms with van der Waals surface area (Å²) in [6.45, 7) is 1.84. The normalized spacial score (nSPS) is 10.5. The van der Waals surface area contributed by atoms with Crippen molar-refractivity contribution in [3.05, 3.63) is 39.8 Å². The number of aromatic amines is 1. The molecule has 1 N–H and O–H groups in total. The first-order chi connectivity index (χ1) is 7.18. The maximum atomic E-state index is 11.2. The zero-order valence-corrected chi connectivity index (χ0v) is 9.35. The van der Waals surface area contributed by atoms with Gasteiger partial charge in [-0.25, -0.2) is 4.98 Å². The molecule has 2 heterocycles. The average Bonchev–Trinajstić information content (AvgIpc) is 2.60. The van der Waals surface area contributed by atoms with E-state index >= 15 is 0 Å². The van der Waals surface area contributed by atoms with Gasteiger partial charge in [-0.1, -0.05) is 23.4 Å². The van der Waals surface area contributed by atoms with Crippen molar-refractivity contribution in [2.75, 3.05) is 0 Å². The lowest BCUT2D eigenvalue weighted by atomic mass is 10.5. The van der Waals surface area contributed by atoms with Crippen LogP contribution in [-0.2, 0) is 0 Å². The fourth-order valence-corrected chi connectivity index (χ4v) is 2.05. The Bertz CT molecular complexity index is 535. The summed E-state index contributed by atoms with van der Waals surface area (Å²) >= 11 is 7.11. The molecule has 0 atom stereocenters. The number of hydrogen-bond acceptors (Lipinski definition) is 4. The van der Waals surface area contributed by atoms with Crippen molar-refractivity contribution in [1.29, 1.82) is 0 Å². The molecule has 0 aliphatic rings. The van der Waals surface area contributed by atoms with Crippen LogP contribution in [0.5, 0.6) is 0 Å². The minimum Gasteiger partial charge on any atom is -0.468 e. The Morgan fingerprint density at radius 3 is 3.07 bits per heavy atom. The second-order valence-electron chi connectivity index (χ2n) is 2.79. The highest BCUT2D eigenvalue weighted by atomic mass is 35.5. The molecule has 2 aromatic heterocycles. The molecule has 0 aromatic carbocycles. The van der Waals surface area contributed by atoms with Crippen LogP contribution in [0.1, 0.15) is 5.76 Å². The van der Waals surface area contributed by atoms with E-state index in [1.807, 2.05) is 6.92 Å². The van der Waals surface area contributed by atoms with Crippen LogP contribution in [0.4, 0.5) is 0 Å². The molecule has 2 rings (SSSR count). The SMILES string of the molecule is Cc1occc1Sc1nc[nH]c(=O)c1Cl. The van der Waals surface area contributed by atoms with Crippen molar-refractivity contribution >= 4 is 23.4 Å². The van der Waals surface area contributed by atoms with Crippen LogP contribution in [0.3, 0.4) is 0 Å². The van der Waals surface area contributed by atoms with Crippen LogP contribution in [0.25, 0.3) is 0 Å². The lowest BCUT2D eigenvalue weighted by Crippen LogP contribution is -2.07. The predicted octanol–water partition coefficient (Wildman–Crippen LogP) is 2.48. The highest BCUT2D eigenvalue weighted by molar-refractivity contribution is 7.99. The van der Waals surface area contributed by atoms with Crippen LogP contribution >= 0.6 is 23.4 Å². The number of halogens is 1. The molecule has 2 aromatic rings. The molecule has 0 fully saturated rings. The number of aromatic nitrogens is 2. The average molecular weight is 243 g/mol. The van der Waals surface area contributed by atoms with Gasteiger partial charge in [0, 0.05) is 0 Å². The summed E-state index contributed by atoms with van der Waals surface area (Å²) in [7, 11) is 0. The fraction of sp³-hybridized carbons (Fsp3) is 0.111. The minimum absolute atomic E-state index is 0.100. The molecule has 0 amide bonds. The van der Waals surface area contributed by atoms with Crippen molar-refractivity contribution in [2.45, 2.75) is 16.8 Å². The number of H-pyrrole nitrogens is 1. The number of nitrogens with one attached hydrogen (secondary N) is 1. The standard InChI is InChI=1S/C9H7ClN2O2S/c1-5-6(2-3-14-5)15-9-7(10)8(13)11-4-12-9/h2-4H,1H3,(H,11,12,13).